The lowest BCUT2D eigenvalue weighted by Gasteiger charge is -1.90. The summed E-state index contributed by atoms with van der Waals surface area (Å²) in [4.78, 5) is 10.2. The molecule has 0 unspecified atom stereocenters. The number of aliphatic hydroxyl groups is 1. The summed E-state index contributed by atoms with van der Waals surface area (Å²) in [5.74, 6) is -0.519. The van der Waals surface area contributed by atoms with Gasteiger partial charge in [-0.05, 0) is 6.92 Å². The third-order valence-electron chi connectivity index (χ3n) is 0.510. The maximum absolute atomic E-state index is 10.2. The maximum atomic E-state index is 10.2. The van der Waals surface area contributed by atoms with E-state index in [1.54, 1.807) is 6.92 Å². The van der Waals surface area contributed by atoms with Gasteiger partial charge in [-0.2, -0.15) is 0 Å². The Hall–Kier alpha value is -0.830. The van der Waals surface area contributed by atoms with Crippen molar-refractivity contribution >= 4 is 5.97 Å². The molecule has 0 rings (SSSR count). The Morgan fingerprint density at radius 2 is 2.50 bits per heavy atom. The van der Waals surface area contributed by atoms with E-state index in [0.717, 1.165) is 0 Å². The van der Waals surface area contributed by atoms with Gasteiger partial charge in [0.15, 0.2) is 6.79 Å². The molecule has 0 fully saturated rings. The highest BCUT2D eigenvalue weighted by atomic mass is 16.6. The molecule has 3 heteroatoms. The zero-order chi connectivity index (χ0) is 6.41. The summed E-state index contributed by atoms with van der Waals surface area (Å²) in [6.45, 7) is 1.14. The molecule has 0 radical (unpaired) electrons. The van der Waals surface area contributed by atoms with Gasteiger partial charge in [-0.15, -0.1) is 0 Å². The van der Waals surface area contributed by atoms with Crippen LogP contribution in [-0.2, 0) is 9.53 Å². The molecule has 0 aliphatic heterocycles. The zero-order valence-electron chi connectivity index (χ0n) is 4.63. The third kappa shape index (κ3) is 3.36. The molecule has 0 aliphatic carbocycles. The average Bonchev–Trinajstić information content (AvgIpc) is 1.68. The van der Waals surface area contributed by atoms with Crippen LogP contribution in [0.1, 0.15) is 6.92 Å². The molecule has 46 valence electrons. The normalized spacial score (nSPS) is 9.75. The lowest BCUT2D eigenvalue weighted by atomic mass is 10.5. The van der Waals surface area contributed by atoms with Gasteiger partial charge in [0, 0.05) is 6.08 Å². The van der Waals surface area contributed by atoms with Gasteiger partial charge >= 0.3 is 5.97 Å². The van der Waals surface area contributed by atoms with Crippen LogP contribution >= 0.6 is 0 Å². The van der Waals surface area contributed by atoms with E-state index in [9.17, 15) is 4.79 Å². The molecular weight excluding hydrogens is 108 g/mol. The smallest absolute Gasteiger partial charge is 0.332 e. The van der Waals surface area contributed by atoms with Crippen LogP contribution in [0.15, 0.2) is 12.2 Å². The molecule has 0 aromatic carbocycles. The van der Waals surface area contributed by atoms with Crippen molar-refractivity contribution in [2.45, 2.75) is 6.92 Å². The fourth-order valence-electron chi connectivity index (χ4n) is 0.248. The van der Waals surface area contributed by atoms with Crippen molar-refractivity contribution in [3.05, 3.63) is 12.2 Å². The molecule has 3 nitrogen and oxygen atoms in total. The number of hydrogen-bond acceptors (Lipinski definition) is 3. The summed E-state index contributed by atoms with van der Waals surface area (Å²) in [5, 5.41) is 7.99. The van der Waals surface area contributed by atoms with E-state index in [2.05, 4.69) is 4.74 Å². The number of allylic oxidation sites excluding steroid dienone is 1. The molecule has 0 bridgehead atoms. The highest BCUT2D eigenvalue weighted by Crippen LogP contribution is 1.76. The predicted molar refractivity (Wildman–Crippen MR) is 28.0 cm³/mol. The van der Waals surface area contributed by atoms with Gasteiger partial charge in [-0.25, -0.2) is 4.79 Å². The first-order valence-electron chi connectivity index (χ1n) is 2.21. The Labute approximate surface area is 47.6 Å². The molecule has 0 saturated heterocycles. The molecule has 0 aromatic rings. The SMILES string of the molecule is CC=CC(=O)OCO. The van der Waals surface area contributed by atoms with Crippen molar-refractivity contribution in [3.8, 4) is 0 Å². The Morgan fingerprint density at radius 1 is 1.88 bits per heavy atom. The molecule has 0 atom stereocenters. The summed E-state index contributed by atoms with van der Waals surface area (Å²) in [6, 6.07) is 0. The van der Waals surface area contributed by atoms with Crippen LogP contribution in [-0.4, -0.2) is 17.9 Å². The van der Waals surface area contributed by atoms with Crippen molar-refractivity contribution in [3.63, 3.8) is 0 Å². The quantitative estimate of drug-likeness (QED) is 0.315. The van der Waals surface area contributed by atoms with Gasteiger partial charge in [0.05, 0.1) is 0 Å². The Balaban J connectivity index is 3.33. The lowest BCUT2D eigenvalue weighted by Crippen LogP contribution is -2.00. The highest BCUT2D eigenvalue weighted by Gasteiger charge is 1.89. The fourth-order valence-corrected chi connectivity index (χ4v) is 0.248. The number of carbonyl (C=O) groups is 1. The largest absolute Gasteiger partial charge is 0.436 e. The Kier molecular flexibility index (Phi) is 3.88. The van der Waals surface area contributed by atoms with E-state index in [1.807, 2.05) is 0 Å². The molecule has 0 amide bonds. The molecule has 0 heterocycles. The molecule has 0 aromatic heterocycles. The molecule has 0 spiro atoms. The van der Waals surface area contributed by atoms with Crippen LogP contribution in [0.4, 0.5) is 0 Å². The van der Waals surface area contributed by atoms with E-state index < -0.39 is 12.8 Å². The van der Waals surface area contributed by atoms with E-state index in [4.69, 9.17) is 5.11 Å². The number of esters is 1. The number of hydrogen-bond donors (Lipinski definition) is 1. The minimum absolute atomic E-state index is 0.519. The second kappa shape index (κ2) is 4.33. The number of rotatable bonds is 2. The minimum atomic E-state index is -0.552. The molecule has 0 saturated carbocycles. The zero-order valence-corrected chi connectivity index (χ0v) is 4.63. The van der Waals surface area contributed by atoms with Crippen LogP contribution in [0.3, 0.4) is 0 Å². The molecule has 8 heavy (non-hydrogen) atoms. The van der Waals surface area contributed by atoms with Crippen molar-refractivity contribution in [2.75, 3.05) is 6.79 Å². The van der Waals surface area contributed by atoms with Crippen LogP contribution in [0, 0.1) is 0 Å². The van der Waals surface area contributed by atoms with E-state index in [-0.39, 0.29) is 0 Å². The first kappa shape index (κ1) is 7.17. The first-order chi connectivity index (χ1) is 3.81. The van der Waals surface area contributed by atoms with E-state index in [1.165, 1.54) is 12.2 Å². The van der Waals surface area contributed by atoms with E-state index in [0.29, 0.717) is 0 Å². The minimum Gasteiger partial charge on any atom is -0.436 e. The van der Waals surface area contributed by atoms with Crippen LogP contribution in [0.25, 0.3) is 0 Å². The van der Waals surface area contributed by atoms with Gasteiger partial charge in [0.1, 0.15) is 0 Å². The number of aliphatic hydroxyl groups excluding tert-OH is 1. The Morgan fingerprint density at radius 3 is 2.88 bits per heavy atom. The van der Waals surface area contributed by atoms with Crippen molar-refractivity contribution in [1.29, 1.82) is 0 Å². The highest BCUT2D eigenvalue weighted by molar-refractivity contribution is 5.81. The molecule has 1 N–H and O–H groups in total. The van der Waals surface area contributed by atoms with Gasteiger partial charge in [-0.1, -0.05) is 6.08 Å². The standard InChI is InChI=1S/C5H8O3/c1-2-3-5(7)8-4-6/h2-3,6H,4H2,1H3. The monoisotopic (exact) mass is 116 g/mol. The van der Waals surface area contributed by atoms with Gasteiger partial charge in [0.2, 0.25) is 0 Å². The summed E-state index contributed by atoms with van der Waals surface area (Å²) >= 11 is 0. The van der Waals surface area contributed by atoms with Gasteiger partial charge in [0.25, 0.3) is 0 Å². The number of carbonyl (C=O) groups excluding carboxylic acids is 1. The summed E-state index contributed by atoms with van der Waals surface area (Å²) in [5.41, 5.74) is 0. The van der Waals surface area contributed by atoms with Crippen molar-refractivity contribution < 1.29 is 14.6 Å². The lowest BCUT2D eigenvalue weighted by molar-refractivity contribution is -0.145. The number of ether oxygens (including phenoxy) is 1. The van der Waals surface area contributed by atoms with Crippen LogP contribution < -0.4 is 0 Å². The Bertz CT molecular complexity index is 95.8. The van der Waals surface area contributed by atoms with Crippen molar-refractivity contribution in [2.24, 2.45) is 0 Å². The topological polar surface area (TPSA) is 46.5 Å². The third-order valence-corrected chi connectivity index (χ3v) is 0.510. The summed E-state index contributed by atoms with van der Waals surface area (Å²) in [6.07, 6.45) is 2.77. The van der Waals surface area contributed by atoms with Gasteiger partial charge in [-0.3, -0.25) is 0 Å². The molecule has 0 aliphatic rings. The fraction of sp³-hybridized carbons (Fsp3) is 0.400. The average molecular weight is 116 g/mol. The summed E-state index contributed by atoms with van der Waals surface area (Å²) < 4.78 is 4.11. The van der Waals surface area contributed by atoms with Crippen LogP contribution in [0.2, 0.25) is 0 Å². The second-order valence-corrected chi connectivity index (χ2v) is 1.09. The van der Waals surface area contributed by atoms with Crippen molar-refractivity contribution in [1.82, 2.24) is 0 Å². The van der Waals surface area contributed by atoms with Gasteiger partial charge < -0.3 is 9.84 Å². The van der Waals surface area contributed by atoms with Crippen LogP contribution in [0.5, 0.6) is 0 Å². The molecular formula is C5H8O3. The maximum Gasteiger partial charge on any atom is 0.332 e. The predicted octanol–water partition coefficient (Wildman–Crippen LogP) is 0.0555. The second-order valence-electron chi connectivity index (χ2n) is 1.09. The first-order valence-corrected chi connectivity index (χ1v) is 2.21. The summed E-state index contributed by atoms with van der Waals surface area (Å²) in [7, 11) is 0. The van der Waals surface area contributed by atoms with E-state index >= 15 is 0 Å².